The van der Waals surface area contributed by atoms with Gasteiger partial charge in [-0.05, 0) is 42.5 Å². The largest absolute Gasteiger partial charge is 0.379 e. The molecule has 4 rings (SSSR count). The minimum atomic E-state index is -0.259. The fourth-order valence-corrected chi connectivity index (χ4v) is 4.26. The molecule has 0 saturated carbocycles. The quantitative estimate of drug-likeness (QED) is 0.619. The minimum Gasteiger partial charge on any atom is -0.379 e. The maximum Gasteiger partial charge on any atom is 0.278 e. The van der Waals surface area contributed by atoms with E-state index in [4.69, 9.17) is 4.74 Å². The van der Waals surface area contributed by atoms with Gasteiger partial charge in [0.25, 0.3) is 11.8 Å². The number of benzene rings is 2. The van der Waals surface area contributed by atoms with Crippen LogP contribution in [0.15, 0.2) is 54.2 Å². The molecule has 2 aromatic rings. The van der Waals surface area contributed by atoms with Crippen LogP contribution in [0.25, 0.3) is 5.57 Å². The number of hydrogen-bond donors (Lipinski definition) is 1. The van der Waals surface area contributed by atoms with Gasteiger partial charge in [0.05, 0.1) is 18.8 Å². The molecule has 2 aromatic carbocycles. The molecule has 2 aliphatic heterocycles. The first-order valence-electron chi connectivity index (χ1n) is 11.8. The van der Waals surface area contributed by atoms with Crippen molar-refractivity contribution in [2.24, 2.45) is 0 Å². The van der Waals surface area contributed by atoms with Gasteiger partial charge in [0.2, 0.25) is 0 Å². The zero-order chi connectivity index (χ0) is 23.4. The summed E-state index contributed by atoms with van der Waals surface area (Å²) in [5, 5.41) is 3.26. The van der Waals surface area contributed by atoms with Crippen LogP contribution in [0.3, 0.4) is 0 Å². The Kier molecular flexibility index (Phi) is 7.26. The number of ether oxygens (including phenoxy) is 1. The normalized spacial score (nSPS) is 17.4. The van der Waals surface area contributed by atoms with Gasteiger partial charge in [-0.15, -0.1) is 0 Å². The van der Waals surface area contributed by atoms with Crippen molar-refractivity contribution >= 4 is 23.1 Å². The zero-order valence-electron chi connectivity index (χ0n) is 19.8. The van der Waals surface area contributed by atoms with Crippen LogP contribution >= 0.6 is 0 Å². The summed E-state index contributed by atoms with van der Waals surface area (Å²) < 4.78 is 5.40. The second-order valence-corrected chi connectivity index (χ2v) is 9.09. The molecule has 1 N–H and O–H groups in total. The van der Waals surface area contributed by atoms with Gasteiger partial charge in [-0.25, -0.2) is 0 Å². The number of nitrogens with zero attached hydrogens (tertiary/aromatic N) is 2. The topological polar surface area (TPSA) is 61.9 Å². The van der Waals surface area contributed by atoms with E-state index in [1.807, 2.05) is 43.3 Å². The molecule has 0 radical (unpaired) electrons. The lowest BCUT2D eigenvalue weighted by Gasteiger charge is -2.27. The molecule has 2 aliphatic rings. The number of carbonyl (C=O) groups excluding carboxylic acids is 2. The van der Waals surface area contributed by atoms with Gasteiger partial charge in [0, 0.05) is 31.9 Å². The van der Waals surface area contributed by atoms with Gasteiger partial charge in [0.1, 0.15) is 5.70 Å². The molecular weight excluding hydrogens is 414 g/mol. The highest BCUT2D eigenvalue weighted by Crippen LogP contribution is 2.31. The molecule has 0 aromatic heterocycles. The Morgan fingerprint density at radius 2 is 1.58 bits per heavy atom. The molecular formula is C27H33N3O3. The molecule has 0 aliphatic carbocycles. The summed E-state index contributed by atoms with van der Waals surface area (Å²) in [6.45, 7) is 10.8. The van der Waals surface area contributed by atoms with Crippen molar-refractivity contribution in [3.63, 3.8) is 0 Å². The van der Waals surface area contributed by atoms with Gasteiger partial charge in [0.15, 0.2) is 0 Å². The molecule has 2 heterocycles. The van der Waals surface area contributed by atoms with Crippen molar-refractivity contribution in [2.45, 2.75) is 33.1 Å². The number of amides is 2. The van der Waals surface area contributed by atoms with E-state index >= 15 is 0 Å². The van der Waals surface area contributed by atoms with E-state index in [2.05, 4.69) is 36.2 Å². The third-order valence-corrected chi connectivity index (χ3v) is 6.31. The van der Waals surface area contributed by atoms with Gasteiger partial charge in [-0.1, -0.05) is 55.8 Å². The highest BCUT2D eigenvalue weighted by Gasteiger charge is 2.38. The van der Waals surface area contributed by atoms with E-state index in [-0.39, 0.29) is 11.8 Å². The maximum absolute atomic E-state index is 13.4. The highest BCUT2D eigenvalue weighted by molar-refractivity contribution is 6.36. The van der Waals surface area contributed by atoms with Crippen LogP contribution in [0.5, 0.6) is 0 Å². The standard InChI is InChI=1S/C27H33N3O3/c1-19(2)21-9-11-23(12-10-21)28-25-24(22-7-5-20(3)6-8-22)26(31)30(27(25)32)14-4-13-29-15-17-33-18-16-29/h5-12,19,28H,4,13-18H2,1-3H3. The van der Waals surface area contributed by atoms with Crippen molar-refractivity contribution < 1.29 is 14.3 Å². The first-order valence-corrected chi connectivity index (χ1v) is 11.8. The summed E-state index contributed by atoms with van der Waals surface area (Å²) in [5.74, 6) is -0.0596. The predicted octanol–water partition coefficient (Wildman–Crippen LogP) is 4.03. The van der Waals surface area contributed by atoms with Crippen LogP contribution in [-0.2, 0) is 14.3 Å². The Hall–Kier alpha value is -2.96. The Morgan fingerprint density at radius 1 is 0.909 bits per heavy atom. The van der Waals surface area contributed by atoms with Crippen molar-refractivity contribution in [1.82, 2.24) is 9.80 Å². The smallest absolute Gasteiger partial charge is 0.278 e. The van der Waals surface area contributed by atoms with Crippen LogP contribution in [0, 0.1) is 6.92 Å². The third kappa shape index (κ3) is 5.34. The van der Waals surface area contributed by atoms with Crippen LogP contribution in [0.4, 0.5) is 5.69 Å². The van der Waals surface area contributed by atoms with Crippen molar-refractivity contribution in [2.75, 3.05) is 44.7 Å². The number of carbonyl (C=O) groups is 2. The monoisotopic (exact) mass is 447 g/mol. The van der Waals surface area contributed by atoms with Crippen LogP contribution in [-0.4, -0.2) is 61.0 Å². The molecule has 174 valence electrons. The first kappa shape index (κ1) is 23.2. The fourth-order valence-electron chi connectivity index (χ4n) is 4.26. The highest BCUT2D eigenvalue weighted by atomic mass is 16.5. The van der Waals surface area contributed by atoms with E-state index in [1.165, 1.54) is 10.5 Å². The Morgan fingerprint density at radius 3 is 2.21 bits per heavy atom. The molecule has 0 unspecified atom stereocenters. The molecule has 0 spiro atoms. The second-order valence-electron chi connectivity index (χ2n) is 9.09. The van der Waals surface area contributed by atoms with Gasteiger partial charge >= 0.3 is 0 Å². The number of nitrogens with one attached hydrogen (secondary N) is 1. The molecule has 1 saturated heterocycles. The number of morpholine rings is 1. The van der Waals surface area contributed by atoms with E-state index in [0.29, 0.717) is 23.7 Å². The average Bonchev–Trinajstić information content (AvgIpc) is 3.05. The average molecular weight is 448 g/mol. The maximum atomic E-state index is 13.4. The van der Waals surface area contributed by atoms with E-state index in [9.17, 15) is 9.59 Å². The number of rotatable bonds is 8. The zero-order valence-corrected chi connectivity index (χ0v) is 19.8. The lowest BCUT2D eigenvalue weighted by molar-refractivity contribution is -0.136. The van der Waals surface area contributed by atoms with Crippen LogP contribution < -0.4 is 5.32 Å². The first-order chi connectivity index (χ1) is 15.9. The van der Waals surface area contributed by atoms with E-state index in [1.54, 1.807) is 0 Å². The van der Waals surface area contributed by atoms with Crippen LogP contribution in [0.2, 0.25) is 0 Å². The molecule has 33 heavy (non-hydrogen) atoms. The lowest BCUT2D eigenvalue weighted by atomic mass is 10.0. The molecule has 6 heteroatoms. The SMILES string of the molecule is Cc1ccc(C2=C(Nc3ccc(C(C)C)cc3)C(=O)N(CCCN3CCOCC3)C2=O)cc1. The molecule has 0 bridgehead atoms. The van der Waals surface area contributed by atoms with Crippen LogP contribution in [0.1, 0.15) is 42.9 Å². The summed E-state index contributed by atoms with van der Waals surface area (Å²) in [4.78, 5) is 30.5. The van der Waals surface area contributed by atoms with Crippen molar-refractivity contribution in [3.8, 4) is 0 Å². The Balaban J connectivity index is 1.55. The van der Waals surface area contributed by atoms with Crippen molar-refractivity contribution in [3.05, 3.63) is 70.9 Å². The number of anilines is 1. The lowest BCUT2D eigenvalue weighted by Crippen LogP contribution is -2.39. The molecule has 1 fully saturated rings. The fraction of sp³-hybridized carbons (Fsp3) is 0.407. The summed E-state index contributed by atoms with van der Waals surface area (Å²) in [6.07, 6.45) is 0.745. The summed E-state index contributed by atoms with van der Waals surface area (Å²) >= 11 is 0. The van der Waals surface area contributed by atoms with E-state index in [0.717, 1.165) is 56.1 Å². The van der Waals surface area contributed by atoms with Gasteiger partial charge in [-0.2, -0.15) is 0 Å². The number of hydrogen-bond acceptors (Lipinski definition) is 5. The van der Waals surface area contributed by atoms with Gasteiger partial charge in [-0.3, -0.25) is 19.4 Å². The summed E-state index contributed by atoms with van der Waals surface area (Å²) in [6, 6.07) is 15.8. The third-order valence-electron chi connectivity index (χ3n) is 6.31. The number of imide groups is 1. The summed E-state index contributed by atoms with van der Waals surface area (Å²) in [7, 11) is 0. The molecule has 6 nitrogen and oxygen atoms in total. The van der Waals surface area contributed by atoms with E-state index < -0.39 is 0 Å². The second kappa shape index (κ2) is 10.3. The Bertz CT molecular complexity index is 1020. The molecule has 2 amide bonds. The number of aryl methyl sites for hydroxylation is 1. The Labute approximate surface area is 196 Å². The predicted molar refractivity (Wildman–Crippen MR) is 131 cm³/mol. The summed E-state index contributed by atoms with van der Waals surface area (Å²) in [5.41, 5.74) is 4.70. The van der Waals surface area contributed by atoms with Crippen molar-refractivity contribution in [1.29, 1.82) is 0 Å². The minimum absolute atomic E-state index is 0.230. The van der Waals surface area contributed by atoms with Gasteiger partial charge < -0.3 is 10.1 Å². The molecule has 0 atom stereocenters.